The zero-order valence-electron chi connectivity index (χ0n) is 50.8. The van der Waals surface area contributed by atoms with Gasteiger partial charge in [0.05, 0.1) is 25.4 Å². The van der Waals surface area contributed by atoms with Crippen molar-refractivity contribution in [3.63, 3.8) is 0 Å². The van der Waals surface area contributed by atoms with Crippen LogP contribution in [0, 0.1) is 0 Å². The number of rotatable bonds is 64. The minimum Gasteiger partial charge on any atom is -0.466 e. The minimum absolute atomic E-state index is 0.0165. The van der Waals surface area contributed by atoms with Crippen molar-refractivity contribution in [2.75, 3.05) is 13.2 Å². The van der Waals surface area contributed by atoms with Crippen LogP contribution in [0.15, 0.2) is 24.3 Å². The second-order valence-corrected chi connectivity index (χ2v) is 23.5. The minimum atomic E-state index is -0.663. The van der Waals surface area contributed by atoms with Crippen molar-refractivity contribution in [2.45, 2.75) is 392 Å². The fraction of sp³-hybridized carbons (Fsp3) is 0.913. The van der Waals surface area contributed by atoms with Gasteiger partial charge >= 0.3 is 5.97 Å². The van der Waals surface area contributed by atoms with Crippen LogP contribution in [0.5, 0.6) is 0 Å². The number of nitrogens with one attached hydrogen (secondary N) is 1. The molecule has 0 aromatic carbocycles. The number of ether oxygens (including phenoxy) is 1. The highest BCUT2D eigenvalue weighted by Gasteiger charge is 2.20. The maximum absolute atomic E-state index is 12.5. The van der Waals surface area contributed by atoms with Crippen molar-refractivity contribution in [2.24, 2.45) is 0 Å². The summed E-state index contributed by atoms with van der Waals surface area (Å²) in [6.07, 6.45) is 80.8. The van der Waals surface area contributed by atoms with Crippen LogP contribution >= 0.6 is 0 Å². The summed E-state index contributed by atoms with van der Waals surface area (Å²) in [6, 6.07) is -0.541. The highest BCUT2D eigenvalue weighted by molar-refractivity contribution is 5.76. The molecule has 1 amide bonds. The zero-order chi connectivity index (χ0) is 54.3. The largest absolute Gasteiger partial charge is 0.466 e. The van der Waals surface area contributed by atoms with Crippen LogP contribution in [0.4, 0.5) is 0 Å². The van der Waals surface area contributed by atoms with Gasteiger partial charge in [-0.15, -0.1) is 0 Å². The molecule has 0 aliphatic heterocycles. The third-order valence-electron chi connectivity index (χ3n) is 16.0. The van der Waals surface area contributed by atoms with Gasteiger partial charge in [0.25, 0.3) is 0 Å². The molecule has 0 spiro atoms. The van der Waals surface area contributed by atoms with Gasteiger partial charge in [0, 0.05) is 12.8 Å². The molecule has 0 heterocycles. The van der Waals surface area contributed by atoms with Crippen molar-refractivity contribution in [1.82, 2.24) is 5.32 Å². The first-order valence-corrected chi connectivity index (χ1v) is 34.1. The van der Waals surface area contributed by atoms with Gasteiger partial charge in [-0.2, -0.15) is 0 Å². The molecule has 0 aromatic rings. The van der Waals surface area contributed by atoms with E-state index in [1.807, 2.05) is 0 Å². The van der Waals surface area contributed by atoms with Crippen LogP contribution in [0.25, 0.3) is 0 Å². The summed E-state index contributed by atoms with van der Waals surface area (Å²) in [5.74, 6) is -0.0183. The van der Waals surface area contributed by atoms with E-state index in [0.29, 0.717) is 25.9 Å². The standard InChI is InChI=1S/C69H133NO5/c1-3-5-7-9-11-13-15-17-18-32-36-39-43-47-51-55-59-63-69(74)75-64-60-56-52-48-44-40-37-34-31-29-27-25-23-21-19-20-22-24-26-28-30-33-35-38-42-46-50-54-58-62-68(73)70-66(65-71)67(72)61-57-53-49-45-41-16-14-12-10-8-6-4-2/h19,21,25,27,66-67,71-72H,3-18,20,22-24,26,28-65H2,1-2H3,(H,70,73)/b21-19-,27-25-. The molecule has 0 aromatic heterocycles. The van der Waals surface area contributed by atoms with Gasteiger partial charge in [0.2, 0.25) is 5.91 Å². The molecule has 0 fully saturated rings. The number of unbranched alkanes of at least 4 members (excludes halogenated alkanes) is 49. The summed E-state index contributed by atoms with van der Waals surface area (Å²) in [4.78, 5) is 24.6. The normalized spacial score (nSPS) is 12.6. The van der Waals surface area contributed by atoms with Gasteiger partial charge in [-0.05, 0) is 57.8 Å². The number of esters is 1. The van der Waals surface area contributed by atoms with Crippen molar-refractivity contribution in [3.05, 3.63) is 24.3 Å². The Morgan fingerprint density at radius 2 is 0.667 bits per heavy atom. The highest BCUT2D eigenvalue weighted by atomic mass is 16.5. The Morgan fingerprint density at radius 3 is 1.01 bits per heavy atom. The van der Waals surface area contributed by atoms with Crippen molar-refractivity contribution >= 4 is 11.9 Å². The smallest absolute Gasteiger partial charge is 0.305 e. The van der Waals surface area contributed by atoms with Gasteiger partial charge in [-0.3, -0.25) is 9.59 Å². The third-order valence-corrected chi connectivity index (χ3v) is 16.0. The monoisotopic (exact) mass is 1060 g/mol. The lowest BCUT2D eigenvalue weighted by atomic mass is 10.0. The van der Waals surface area contributed by atoms with Crippen LogP contribution in [-0.2, 0) is 14.3 Å². The number of allylic oxidation sites excluding steroid dienone is 4. The third kappa shape index (κ3) is 61.4. The van der Waals surface area contributed by atoms with Crippen LogP contribution in [0.2, 0.25) is 0 Å². The van der Waals surface area contributed by atoms with Crippen LogP contribution in [0.1, 0.15) is 380 Å². The Morgan fingerprint density at radius 1 is 0.373 bits per heavy atom. The van der Waals surface area contributed by atoms with E-state index in [2.05, 4.69) is 43.5 Å². The van der Waals surface area contributed by atoms with E-state index in [0.717, 1.165) is 44.9 Å². The fourth-order valence-electron chi connectivity index (χ4n) is 10.8. The van der Waals surface area contributed by atoms with E-state index < -0.39 is 12.1 Å². The zero-order valence-corrected chi connectivity index (χ0v) is 50.8. The average Bonchev–Trinajstić information content (AvgIpc) is 3.41. The van der Waals surface area contributed by atoms with Crippen molar-refractivity contribution in [1.29, 1.82) is 0 Å². The van der Waals surface area contributed by atoms with Gasteiger partial charge in [0.1, 0.15) is 0 Å². The van der Waals surface area contributed by atoms with Gasteiger partial charge in [-0.25, -0.2) is 0 Å². The number of amides is 1. The predicted molar refractivity (Wildman–Crippen MR) is 329 cm³/mol. The maximum atomic E-state index is 12.5. The summed E-state index contributed by atoms with van der Waals surface area (Å²) in [5.41, 5.74) is 0. The summed E-state index contributed by atoms with van der Waals surface area (Å²) in [5, 5.41) is 23.2. The Bertz CT molecular complexity index is 1170. The molecule has 0 radical (unpaired) electrons. The van der Waals surface area contributed by atoms with Crippen molar-refractivity contribution < 1.29 is 24.5 Å². The molecule has 75 heavy (non-hydrogen) atoms. The molecule has 2 unspecified atom stereocenters. The average molecular weight is 1060 g/mol. The lowest BCUT2D eigenvalue weighted by Crippen LogP contribution is -2.45. The second-order valence-electron chi connectivity index (χ2n) is 23.5. The molecule has 3 N–H and O–H groups in total. The summed E-state index contributed by atoms with van der Waals surface area (Å²) in [7, 11) is 0. The van der Waals surface area contributed by atoms with E-state index in [4.69, 9.17) is 4.74 Å². The van der Waals surface area contributed by atoms with Gasteiger partial charge < -0.3 is 20.3 Å². The number of carbonyl (C=O) groups excluding carboxylic acids is 2. The first kappa shape index (κ1) is 73.3. The first-order valence-electron chi connectivity index (χ1n) is 34.1. The quantitative estimate of drug-likeness (QED) is 0.0320. The number of aliphatic hydroxyl groups excluding tert-OH is 2. The van der Waals surface area contributed by atoms with E-state index in [-0.39, 0.29) is 18.5 Å². The Balaban J connectivity index is 3.37. The number of hydrogen-bond acceptors (Lipinski definition) is 5. The molecule has 0 bridgehead atoms. The van der Waals surface area contributed by atoms with E-state index in [1.165, 1.54) is 302 Å². The molecule has 6 nitrogen and oxygen atoms in total. The lowest BCUT2D eigenvalue weighted by Gasteiger charge is -2.22. The Labute approximate surface area is 469 Å². The number of hydrogen-bond donors (Lipinski definition) is 3. The molecule has 0 saturated carbocycles. The van der Waals surface area contributed by atoms with Gasteiger partial charge in [-0.1, -0.05) is 334 Å². The summed E-state index contributed by atoms with van der Waals surface area (Å²) >= 11 is 0. The SMILES string of the molecule is CCCCCCCCCCCCCCCCCCCC(=O)OCCCCCCCCCCC/C=C\C/C=C\CCCCCCCCCCCCCCCC(=O)NC(CO)C(O)CCCCCCCCCCCCCC. The molecule has 2 atom stereocenters. The number of aliphatic hydroxyl groups is 2. The number of carbonyl (C=O) groups is 2. The van der Waals surface area contributed by atoms with Crippen molar-refractivity contribution in [3.8, 4) is 0 Å². The fourth-order valence-corrected chi connectivity index (χ4v) is 10.8. The molecular weight excluding hydrogens is 923 g/mol. The molecular formula is C69H133NO5. The molecule has 444 valence electrons. The maximum Gasteiger partial charge on any atom is 0.305 e. The van der Waals surface area contributed by atoms with Crippen LogP contribution in [0.3, 0.4) is 0 Å². The van der Waals surface area contributed by atoms with Crippen LogP contribution in [-0.4, -0.2) is 47.4 Å². The molecule has 0 rings (SSSR count). The van der Waals surface area contributed by atoms with Gasteiger partial charge in [0.15, 0.2) is 0 Å². The summed E-state index contributed by atoms with van der Waals surface area (Å²) in [6.45, 7) is 4.98. The first-order chi connectivity index (χ1) is 37.0. The lowest BCUT2D eigenvalue weighted by molar-refractivity contribution is -0.143. The molecule has 0 saturated heterocycles. The van der Waals surface area contributed by atoms with E-state index in [9.17, 15) is 19.8 Å². The van der Waals surface area contributed by atoms with E-state index in [1.54, 1.807) is 0 Å². The molecule has 6 heteroatoms. The predicted octanol–water partition coefficient (Wildman–Crippen LogP) is 21.8. The van der Waals surface area contributed by atoms with Crippen LogP contribution < -0.4 is 5.32 Å². The highest BCUT2D eigenvalue weighted by Crippen LogP contribution is 2.18. The second kappa shape index (κ2) is 64.9. The van der Waals surface area contributed by atoms with E-state index >= 15 is 0 Å². The Kier molecular flexibility index (Phi) is 63.4. The topological polar surface area (TPSA) is 95.9 Å². The molecule has 0 aliphatic rings. The molecule has 0 aliphatic carbocycles. The Hall–Kier alpha value is -1.66. The summed E-state index contributed by atoms with van der Waals surface area (Å²) < 4.78 is 5.50.